The topological polar surface area (TPSA) is 79.0 Å². The standard InChI is InChI=1S/C34H29N3O4S/c1-22-9-14-26(15-10-22)35-31(38)21-41-29-17-12-25(13-18-29)20-30-32(39)36(27-7-5-4-6-8-27)34(42)37(33(30)40)28-16-11-23(2)24(3)19-28/h4-20H,21H2,1-3H3,(H,35,38)/b30-20-. The van der Waals surface area contributed by atoms with Crippen molar-refractivity contribution in [3.63, 3.8) is 0 Å². The molecular formula is C34H29N3O4S. The second-order valence-electron chi connectivity index (χ2n) is 10.00. The first-order valence-electron chi connectivity index (χ1n) is 13.4. The first-order valence-corrected chi connectivity index (χ1v) is 13.8. The highest BCUT2D eigenvalue weighted by atomic mass is 32.1. The average molecular weight is 576 g/mol. The van der Waals surface area contributed by atoms with Crippen LogP contribution in [0.3, 0.4) is 0 Å². The zero-order valence-electron chi connectivity index (χ0n) is 23.5. The Kier molecular flexibility index (Phi) is 8.26. The Balaban J connectivity index is 1.38. The summed E-state index contributed by atoms with van der Waals surface area (Å²) in [5.41, 5.74) is 5.60. The highest BCUT2D eigenvalue weighted by molar-refractivity contribution is 7.81. The summed E-state index contributed by atoms with van der Waals surface area (Å²) in [7, 11) is 0. The summed E-state index contributed by atoms with van der Waals surface area (Å²) < 4.78 is 5.64. The Morgan fingerprint density at radius 3 is 2.07 bits per heavy atom. The van der Waals surface area contributed by atoms with Crippen LogP contribution in [-0.2, 0) is 14.4 Å². The van der Waals surface area contributed by atoms with Gasteiger partial charge >= 0.3 is 0 Å². The molecule has 1 aliphatic rings. The van der Waals surface area contributed by atoms with Crippen molar-refractivity contribution in [2.24, 2.45) is 0 Å². The lowest BCUT2D eigenvalue weighted by Gasteiger charge is -2.36. The molecule has 42 heavy (non-hydrogen) atoms. The molecule has 0 spiro atoms. The summed E-state index contributed by atoms with van der Waals surface area (Å²) in [5, 5.41) is 2.88. The van der Waals surface area contributed by atoms with E-state index in [0.29, 0.717) is 28.4 Å². The largest absolute Gasteiger partial charge is 0.484 e. The monoisotopic (exact) mass is 575 g/mol. The molecule has 1 heterocycles. The molecule has 4 aromatic rings. The molecule has 0 saturated carbocycles. The minimum Gasteiger partial charge on any atom is -0.484 e. The molecule has 4 aromatic carbocycles. The SMILES string of the molecule is Cc1ccc(NC(=O)COc2ccc(/C=C3/C(=O)N(c4ccccc4)C(=S)N(c4ccc(C)c(C)c4)C3=O)cc2)cc1. The Labute approximate surface area is 250 Å². The van der Waals surface area contributed by atoms with E-state index in [4.69, 9.17) is 17.0 Å². The van der Waals surface area contributed by atoms with Crippen LogP contribution in [0.15, 0.2) is 103 Å². The zero-order chi connectivity index (χ0) is 29.8. The van der Waals surface area contributed by atoms with Gasteiger partial charge in [0.05, 0.1) is 11.4 Å². The minimum absolute atomic E-state index is 0.0307. The molecule has 1 N–H and O–H groups in total. The molecule has 1 aliphatic heterocycles. The van der Waals surface area contributed by atoms with Crippen LogP contribution in [0, 0.1) is 20.8 Å². The minimum atomic E-state index is -0.510. The number of para-hydroxylation sites is 1. The third-order valence-corrected chi connectivity index (χ3v) is 7.27. The molecule has 1 fully saturated rings. The number of hydrogen-bond acceptors (Lipinski definition) is 5. The molecule has 8 heteroatoms. The van der Waals surface area contributed by atoms with E-state index in [2.05, 4.69) is 5.32 Å². The summed E-state index contributed by atoms with van der Waals surface area (Å²) in [6.45, 7) is 5.76. The lowest BCUT2D eigenvalue weighted by Crippen LogP contribution is -2.57. The molecule has 5 rings (SSSR count). The van der Waals surface area contributed by atoms with Crippen LogP contribution in [0.25, 0.3) is 6.08 Å². The Bertz CT molecular complexity index is 1700. The lowest BCUT2D eigenvalue weighted by atomic mass is 10.0. The van der Waals surface area contributed by atoms with Crippen molar-refractivity contribution >= 4 is 58.2 Å². The van der Waals surface area contributed by atoms with E-state index in [1.807, 2.05) is 81.4 Å². The molecule has 0 aliphatic carbocycles. The summed E-state index contributed by atoms with van der Waals surface area (Å²) in [6, 6.07) is 29.0. The van der Waals surface area contributed by atoms with Crippen molar-refractivity contribution in [1.82, 2.24) is 0 Å². The van der Waals surface area contributed by atoms with Gasteiger partial charge in [0.2, 0.25) is 0 Å². The highest BCUT2D eigenvalue weighted by Gasteiger charge is 2.41. The molecule has 1 saturated heterocycles. The van der Waals surface area contributed by atoms with Gasteiger partial charge in [0, 0.05) is 5.69 Å². The van der Waals surface area contributed by atoms with Crippen LogP contribution >= 0.6 is 12.2 Å². The van der Waals surface area contributed by atoms with Gasteiger partial charge in [-0.15, -0.1) is 0 Å². The number of nitrogens with zero attached hydrogens (tertiary/aromatic N) is 2. The number of nitrogens with one attached hydrogen (secondary N) is 1. The van der Waals surface area contributed by atoms with Gasteiger partial charge in [-0.05, 0) is 104 Å². The van der Waals surface area contributed by atoms with E-state index in [-0.39, 0.29) is 23.2 Å². The van der Waals surface area contributed by atoms with E-state index >= 15 is 0 Å². The van der Waals surface area contributed by atoms with Crippen molar-refractivity contribution in [3.05, 3.63) is 125 Å². The zero-order valence-corrected chi connectivity index (χ0v) is 24.3. The maximum atomic E-state index is 13.8. The maximum absolute atomic E-state index is 13.8. The number of anilines is 3. The van der Waals surface area contributed by atoms with Gasteiger partial charge in [-0.3, -0.25) is 24.2 Å². The smallest absolute Gasteiger partial charge is 0.270 e. The van der Waals surface area contributed by atoms with Crippen molar-refractivity contribution < 1.29 is 19.1 Å². The van der Waals surface area contributed by atoms with Gasteiger partial charge < -0.3 is 10.1 Å². The van der Waals surface area contributed by atoms with Gasteiger partial charge in [-0.25, -0.2) is 0 Å². The number of benzene rings is 4. The molecule has 0 radical (unpaired) electrons. The first kappa shape index (κ1) is 28.4. The number of amides is 3. The quantitative estimate of drug-likeness (QED) is 0.157. The van der Waals surface area contributed by atoms with Crippen LogP contribution in [0.1, 0.15) is 22.3 Å². The molecule has 0 aromatic heterocycles. The second kappa shape index (κ2) is 12.2. The number of hydrogen-bond donors (Lipinski definition) is 1. The van der Waals surface area contributed by atoms with Crippen LogP contribution in [0.2, 0.25) is 0 Å². The first-order chi connectivity index (χ1) is 20.2. The van der Waals surface area contributed by atoms with Crippen LogP contribution in [0.4, 0.5) is 17.1 Å². The van der Waals surface area contributed by atoms with E-state index in [0.717, 1.165) is 16.7 Å². The number of carbonyl (C=O) groups is 3. The summed E-state index contributed by atoms with van der Waals surface area (Å²) in [5.74, 6) is -0.828. The van der Waals surface area contributed by atoms with E-state index in [9.17, 15) is 14.4 Å². The van der Waals surface area contributed by atoms with Gasteiger partial charge in [-0.1, -0.05) is 54.1 Å². The van der Waals surface area contributed by atoms with E-state index in [1.54, 1.807) is 42.5 Å². The van der Waals surface area contributed by atoms with Crippen molar-refractivity contribution in [2.75, 3.05) is 21.7 Å². The van der Waals surface area contributed by atoms with Crippen LogP contribution < -0.4 is 19.9 Å². The molecule has 0 atom stereocenters. The number of carbonyl (C=O) groups excluding carboxylic acids is 3. The predicted octanol–water partition coefficient (Wildman–Crippen LogP) is 6.38. The second-order valence-corrected chi connectivity index (χ2v) is 10.4. The Morgan fingerprint density at radius 1 is 0.786 bits per heavy atom. The molecule has 210 valence electrons. The number of thiocarbonyl (C=S) groups is 1. The Hall–Kier alpha value is -5.08. The van der Waals surface area contributed by atoms with E-state index < -0.39 is 11.8 Å². The van der Waals surface area contributed by atoms with Crippen molar-refractivity contribution in [1.29, 1.82) is 0 Å². The number of rotatable bonds is 7. The molecule has 7 nitrogen and oxygen atoms in total. The third kappa shape index (κ3) is 6.14. The fraction of sp³-hybridized carbons (Fsp3) is 0.118. The van der Waals surface area contributed by atoms with Gasteiger partial charge in [0.1, 0.15) is 11.3 Å². The van der Waals surface area contributed by atoms with Crippen molar-refractivity contribution in [3.8, 4) is 5.75 Å². The summed E-state index contributed by atoms with van der Waals surface area (Å²) in [4.78, 5) is 42.6. The predicted molar refractivity (Wildman–Crippen MR) is 170 cm³/mol. The Morgan fingerprint density at radius 2 is 1.43 bits per heavy atom. The average Bonchev–Trinajstić information content (AvgIpc) is 2.98. The normalized spacial score (nSPS) is 14.4. The number of ether oxygens (including phenoxy) is 1. The van der Waals surface area contributed by atoms with Crippen molar-refractivity contribution in [2.45, 2.75) is 20.8 Å². The number of aryl methyl sites for hydroxylation is 3. The fourth-order valence-electron chi connectivity index (χ4n) is 4.44. The third-order valence-electron chi connectivity index (χ3n) is 6.91. The van der Waals surface area contributed by atoms with Gasteiger partial charge in [0.15, 0.2) is 11.7 Å². The highest BCUT2D eigenvalue weighted by Crippen LogP contribution is 2.31. The molecule has 0 unspecified atom stereocenters. The maximum Gasteiger partial charge on any atom is 0.270 e. The summed E-state index contributed by atoms with van der Waals surface area (Å²) in [6.07, 6.45) is 1.55. The van der Waals surface area contributed by atoms with Crippen LogP contribution in [0.5, 0.6) is 5.75 Å². The fourth-order valence-corrected chi connectivity index (χ4v) is 4.81. The van der Waals surface area contributed by atoms with E-state index in [1.165, 1.54) is 9.80 Å². The summed E-state index contributed by atoms with van der Waals surface area (Å²) >= 11 is 5.71. The molecule has 3 amide bonds. The van der Waals surface area contributed by atoms with Gasteiger partial charge in [-0.2, -0.15) is 0 Å². The lowest BCUT2D eigenvalue weighted by molar-refractivity contribution is -0.121. The molecular weight excluding hydrogens is 546 g/mol. The van der Waals surface area contributed by atoms with Crippen LogP contribution in [-0.4, -0.2) is 29.4 Å². The molecule has 0 bridgehead atoms. The van der Waals surface area contributed by atoms with Gasteiger partial charge in [0.25, 0.3) is 17.7 Å².